The molecule has 0 aliphatic carbocycles. The number of hydrogen-bond donors (Lipinski definition) is 1. The molecule has 0 atom stereocenters. The first-order chi connectivity index (χ1) is 7.39. The van der Waals surface area contributed by atoms with Crippen molar-refractivity contribution in [2.24, 2.45) is 0 Å². The van der Waals surface area contributed by atoms with Crippen molar-refractivity contribution in [3.63, 3.8) is 0 Å². The Morgan fingerprint density at radius 1 is 1.50 bits per heavy atom. The number of piperazine rings is 1. The fraction of sp³-hybridized carbons (Fsp3) is 0.700. The van der Waals surface area contributed by atoms with Gasteiger partial charge in [-0.25, -0.2) is 0 Å². The summed E-state index contributed by atoms with van der Waals surface area (Å²) in [6.45, 7) is 3.42. The second kappa shape index (κ2) is 4.61. The van der Waals surface area contributed by atoms with Gasteiger partial charge in [0.2, 0.25) is 11.8 Å². The number of methoxy groups -OCH3 is 1. The van der Waals surface area contributed by atoms with Gasteiger partial charge in [-0.3, -0.25) is 19.7 Å². The minimum absolute atomic E-state index is 0.0821. The van der Waals surface area contributed by atoms with Crippen LogP contribution in [0.2, 0.25) is 0 Å². The third kappa shape index (κ3) is 2.38. The smallest absolute Gasteiger partial charge is 0.252 e. The second-order valence-corrected chi connectivity index (χ2v) is 4.16. The lowest BCUT2D eigenvalue weighted by Gasteiger charge is -2.40. The predicted octanol–water partition coefficient (Wildman–Crippen LogP) is -0.713. The molecule has 90 valence electrons. The minimum atomic E-state index is -0.987. The molecule has 6 nitrogen and oxygen atoms in total. The van der Waals surface area contributed by atoms with Crippen LogP contribution in [0.5, 0.6) is 0 Å². The molecule has 1 aliphatic rings. The Morgan fingerprint density at radius 2 is 2.12 bits per heavy atom. The Kier molecular flexibility index (Phi) is 3.64. The fourth-order valence-corrected chi connectivity index (χ4v) is 1.51. The van der Waals surface area contributed by atoms with Crippen molar-refractivity contribution in [2.75, 3.05) is 20.3 Å². The highest BCUT2D eigenvalue weighted by molar-refractivity contribution is 6.06. The van der Waals surface area contributed by atoms with E-state index in [4.69, 9.17) is 4.74 Å². The quantitative estimate of drug-likeness (QED) is 0.647. The molecule has 0 bridgehead atoms. The topological polar surface area (TPSA) is 75.7 Å². The summed E-state index contributed by atoms with van der Waals surface area (Å²) < 4.78 is 4.79. The van der Waals surface area contributed by atoms with Crippen LogP contribution in [-0.4, -0.2) is 48.4 Å². The Labute approximate surface area is 93.9 Å². The average Bonchev–Trinajstić information content (AvgIpc) is 2.20. The molecule has 0 aromatic carbocycles. The van der Waals surface area contributed by atoms with E-state index in [1.807, 2.05) is 0 Å². The number of rotatable bonds is 3. The second-order valence-electron chi connectivity index (χ2n) is 4.16. The van der Waals surface area contributed by atoms with E-state index in [1.165, 1.54) is 12.0 Å². The summed E-state index contributed by atoms with van der Waals surface area (Å²) >= 11 is 0. The number of carbonyl (C=O) groups excluding carboxylic acids is 3. The third-order valence-electron chi connectivity index (χ3n) is 2.61. The molecule has 6 heteroatoms. The SMILES string of the molecule is COCCC(=O)N1CC(=O)NC(=O)C1(C)C. The highest BCUT2D eigenvalue weighted by Gasteiger charge is 2.43. The minimum Gasteiger partial charge on any atom is -0.384 e. The number of imide groups is 1. The van der Waals surface area contributed by atoms with E-state index in [0.717, 1.165) is 0 Å². The van der Waals surface area contributed by atoms with Gasteiger partial charge in [-0.15, -0.1) is 0 Å². The largest absolute Gasteiger partial charge is 0.384 e. The Balaban J connectivity index is 2.79. The zero-order valence-corrected chi connectivity index (χ0v) is 9.70. The number of nitrogens with zero attached hydrogens (tertiary/aromatic N) is 1. The van der Waals surface area contributed by atoms with Crippen molar-refractivity contribution >= 4 is 17.7 Å². The lowest BCUT2D eigenvalue weighted by atomic mass is 9.98. The van der Waals surface area contributed by atoms with Gasteiger partial charge in [0.1, 0.15) is 12.1 Å². The Bertz CT molecular complexity index is 325. The molecule has 1 saturated heterocycles. The van der Waals surface area contributed by atoms with Crippen LogP contribution >= 0.6 is 0 Å². The Morgan fingerprint density at radius 3 is 2.69 bits per heavy atom. The van der Waals surface area contributed by atoms with Crippen molar-refractivity contribution < 1.29 is 19.1 Å². The number of carbonyl (C=O) groups is 3. The fourth-order valence-electron chi connectivity index (χ4n) is 1.51. The molecule has 0 saturated carbocycles. The lowest BCUT2D eigenvalue weighted by molar-refractivity contribution is -0.156. The molecule has 1 N–H and O–H groups in total. The van der Waals surface area contributed by atoms with E-state index in [0.29, 0.717) is 0 Å². The van der Waals surface area contributed by atoms with Crippen molar-refractivity contribution in [3.8, 4) is 0 Å². The van der Waals surface area contributed by atoms with Gasteiger partial charge in [0.25, 0.3) is 5.91 Å². The van der Waals surface area contributed by atoms with E-state index in [9.17, 15) is 14.4 Å². The zero-order valence-electron chi connectivity index (χ0n) is 9.70. The zero-order chi connectivity index (χ0) is 12.3. The van der Waals surface area contributed by atoms with Crippen LogP contribution < -0.4 is 5.32 Å². The number of hydrogen-bond acceptors (Lipinski definition) is 4. The number of nitrogens with one attached hydrogen (secondary N) is 1. The maximum atomic E-state index is 11.8. The van der Waals surface area contributed by atoms with Gasteiger partial charge >= 0.3 is 0 Å². The van der Waals surface area contributed by atoms with Gasteiger partial charge in [0.15, 0.2) is 0 Å². The molecule has 0 aromatic heterocycles. The molecule has 0 unspecified atom stereocenters. The molecule has 3 amide bonds. The average molecular weight is 228 g/mol. The maximum Gasteiger partial charge on any atom is 0.252 e. The standard InChI is InChI=1S/C10H16N2O4/c1-10(2)9(15)11-7(13)6-12(10)8(14)4-5-16-3/h4-6H2,1-3H3,(H,11,13,15). The summed E-state index contributed by atoms with van der Waals surface area (Å²) in [6.07, 6.45) is 0.167. The summed E-state index contributed by atoms with van der Waals surface area (Å²) in [6, 6.07) is 0. The molecule has 1 heterocycles. The van der Waals surface area contributed by atoms with Gasteiger partial charge in [0, 0.05) is 7.11 Å². The van der Waals surface area contributed by atoms with E-state index < -0.39 is 17.4 Å². The monoisotopic (exact) mass is 228 g/mol. The van der Waals surface area contributed by atoms with Gasteiger partial charge in [-0.1, -0.05) is 0 Å². The van der Waals surface area contributed by atoms with Gasteiger partial charge in [0.05, 0.1) is 13.0 Å². The molecule has 0 aromatic rings. The predicted molar refractivity (Wildman–Crippen MR) is 55.4 cm³/mol. The molecule has 1 rings (SSSR count). The first-order valence-corrected chi connectivity index (χ1v) is 5.03. The first-order valence-electron chi connectivity index (χ1n) is 5.03. The van der Waals surface area contributed by atoms with Crippen LogP contribution in [0, 0.1) is 0 Å². The summed E-state index contributed by atoms with van der Waals surface area (Å²) in [5.41, 5.74) is -0.987. The molecular weight excluding hydrogens is 212 g/mol. The summed E-state index contributed by atoms with van der Waals surface area (Å²) in [5, 5.41) is 2.21. The van der Waals surface area contributed by atoms with Crippen LogP contribution in [0.1, 0.15) is 20.3 Å². The van der Waals surface area contributed by atoms with E-state index in [1.54, 1.807) is 13.8 Å². The number of amides is 3. The maximum absolute atomic E-state index is 11.8. The van der Waals surface area contributed by atoms with Crippen molar-refractivity contribution in [2.45, 2.75) is 25.8 Å². The van der Waals surface area contributed by atoms with Crippen LogP contribution in [0.4, 0.5) is 0 Å². The van der Waals surface area contributed by atoms with Crippen LogP contribution in [0.25, 0.3) is 0 Å². The molecule has 0 spiro atoms. The molecule has 1 fully saturated rings. The summed E-state index contributed by atoms with van der Waals surface area (Å²) in [5.74, 6) is -1.15. The van der Waals surface area contributed by atoms with E-state index in [-0.39, 0.29) is 25.5 Å². The highest BCUT2D eigenvalue weighted by Crippen LogP contribution is 2.18. The third-order valence-corrected chi connectivity index (χ3v) is 2.61. The molecule has 1 aliphatic heterocycles. The summed E-state index contributed by atoms with van der Waals surface area (Å²) in [4.78, 5) is 35.8. The van der Waals surface area contributed by atoms with E-state index >= 15 is 0 Å². The van der Waals surface area contributed by atoms with E-state index in [2.05, 4.69) is 5.32 Å². The summed E-state index contributed by atoms with van der Waals surface area (Å²) in [7, 11) is 1.49. The molecule has 16 heavy (non-hydrogen) atoms. The van der Waals surface area contributed by atoms with Crippen LogP contribution in [-0.2, 0) is 19.1 Å². The van der Waals surface area contributed by atoms with Crippen molar-refractivity contribution in [1.29, 1.82) is 0 Å². The van der Waals surface area contributed by atoms with Gasteiger partial charge in [-0.05, 0) is 13.8 Å². The van der Waals surface area contributed by atoms with Crippen molar-refractivity contribution in [3.05, 3.63) is 0 Å². The molecular formula is C10H16N2O4. The number of ether oxygens (including phenoxy) is 1. The highest BCUT2D eigenvalue weighted by atomic mass is 16.5. The Hall–Kier alpha value is -1.43. The molecule has 0 radical (unpaired) electrons. The van der Waals surface area contributed by atoms with Crippen LogP contribution in [0.15, 0.2) is 0 Å². The lowest BCUT2D eigenvalue weighted by Crippen LogP contribution is -2.65. The normalized spacial score (nSPS) is 19.6. The van der Waals surface area contributed by atoms with Crippen LogP contribution in [0.3, 0.4) is 0 Å². The van der Waals surface area contributed by atoms with Gasteiger partial charge < -0.3 is 9.64 Å². The first kappa shape index (κ1) is 12.6. The van der Waals surface area contributed by atoms with Crippen molar-refractivity contribution in [1.82, 2.24) is 10.2 Å². The van der Waals surface area contributed by atoms with Gasteiger partial charge in [-0.2, -0.15) is 0 Å².